The molecule has 2 heterocycles. The first-order valence-corrected chi connectivity index (χ1v) is 14.4. The molecule has 0 bridgehead atoms. The molecule has 0 spiro atoms. The molecular formula is C21H36N4O6S2. The van der Waals surface area contributed by atoms with Crippen LogP contribution in [0, 0.1) is 17.8 Å². The number of imide groups is 1. The lowest BCUT2D eigenvalue weighted by Crippen LogP contribution is -2.55. The Kier molecular flexibility index (Phi) is 9.42. The van der Waals surface area contributed by atoms with Gasteiger partial charge in [0.15, 0.2) is 0 Å². The molecule has 2 saturated heterocycles. The topological polar surface area (TPSA) is 143 Å². The number of alkyl carbamates (subject to hydrolysis) is 1. The fourth-order valence-corrected chi connectivity index (χ4v) is 7.70. The second kappa shape index (κ2) is 11.9. The summed E-state index contributed by atoms with van der Waals surface area (Å²) >= 11 is 1.47. The van der Waals surface area contributed by atoms with Crippen molar-refractivity contribution >= 4 is 39.7 Å². The second-order valence-corrected chi connectivity index (χ2v) is 12.4. The van der Waals surface area contributed by atoms with Gasteiger partial charge in [0.05, 0.1) is 29.3 Å². The molecule has 12 heteroatoms. The third-order valence-electron chi connectivity index (χ3n) is 6.70. The van der Waals surface area contributed by atoms with E-state index in [1.54, 1.807) is 6.92 Å². The Balaban J connectivity index is 1.51. The highest BCUT2D eigenvalue weighted by atomic mass is 32.2. The molecule has 4 N–H and O–H groups in total. The van der Waals surface area contributed by atoms with Gasteiger partial charge in [-0.05, 0) is 70.1 Å². The Morgan fingerprint density at radius 3 is 2.48 bits per heavy atom. The first kappa shape index (κ1) is 26.2. The third-order valence-corrected chi connectivity index (χ3v) is 9.94. The van der Waals surface area contributed by atoms with E-state index in [4.69, 9.17) is 4.74 Å². The van der Waals surface area contributed by atoms with Crippen molar-refractivity contribution in [2.24, 2.45) is 17.8 Å². The third kappa shape index (κ3) is 7.30. The first-order valence-electron chi connectivity index (χ1n) is 11.8. The van der Waals surface area contributed by atoms with Gasteiger partial charge >= 0.3 is 6.09 Å². The molecule has 188 valence electrons. The molecule has 10 nitrogen and oxygen atoms in total. The van der Waals surface area contributed by atoms with Gasteiger partial charge in [-0.15, -0.1) is 11.8 Å². The molecule has 4 atom stereocenters. The van der Waals surface area contributed by atoms with Crippen LogP contribution in [0.1, 0.15) is 58.8 Å². The summed E-state index contributed by atoms with van der Waals surface area (Å²) in [5.74, 6) is -0.273. The number of carbonyl (C=O) groups is 3. The van der Waals surface area contributed by atoms with Crippen LogP contribution in [0.15, 0.2) is 0 Å². The van der Waals surface area contributed by atoms with Gasteiger partial charge in [-0.25, -0.2) is 13.2 Å². The van der Waals surface area contributed by atoms with Crippen LogP contribution in [0.5, 0.6) is 0 Å². The minimum absolute atomic E-state index is 0.166. The lowest BCUT2D eigenvalue weighted by atomic mass is 9.91. The molecule has 2 aliphatic heterocycles. The highest BCUT2D eigenvalue weighted by Crippen LogP contribution is 2.32. The fraction of sp³-hybridized carbons (Fsp3) is 0.857. The summed E-state index contributed by atoms with van der Waals surface area (Å²) in [5.41, 5.74) is 0. The quantitative estimate of drug-likeness (QED) is 0.406. The smallest absolute Gasteiger partial charge is 0.413 e. The number of sulfonamides is 1. The monoisotopic (exact) mass is 504 g/mol. The lowest BCUT2D eigenvalue weighted by molar-refractivity contribution is -0.127. The molecule has 3 amide bonds. The van der Waals surface area contributed by atoms with Crippen LogP contribution in [0.4, 0.5) is 4.79 Å². The number of nitrogens with one attached hydrogen (secondary N) is 4. The standard InChI is InChI=1S/C21H36N4O6S2/c1-3-31-21(28)24-19(27)16-9-11-32-20(16)23-18(26)14-8-10-22-17(12-14)25-33(29,30)15-6-4-13(2)5-7-15/h13-17,20,22,25H,3-12H2,1-2H3,(H,23,26)(H,24,27,28). The molecule has 33 heavy (non-hydrogen) atoms. The minimum atomic E-state index is -3.46. The Hall–Kier alpha value is -1.37. The molecular weight excluding hydrogens is 468 g/mol. The maximum atomic E-state index is 12.9. The van der Waals surface area contributed by atoms with E-state index in [0.717, 1.165) is 12.8 Å². The van der Waals surface area contributed by atoms with Gasteiger partial charge < -0.3 is 15.4 Å². The maximum Gasteiger partial charge on any atom is 0.413 e. The zero-order valence-corrected chi connectivity index (χ0v) is 20.9. The van der Waals surface area contributed by atoms with Crippen LogP contribution < -0.4 is 20.7 Å². The highest BCUT2D eigenvalue weighted by molar-refractivity contribution is 8.00. The second-order valence-electron chi connectivity index (χ2n) is 9.18. The molecule has 1 aliphatic carbocycles. The summed E-state index contributed by atoms with van der Waals surface area (Å²) in [6.07, 6.45) is 3.38. The molecule has 0 aromatic carbocycles. The summed E-state index contributed by atoms with van der Waals surface area (Å²) in [4.78, 5) is 36.9. The van der Waals surface area contributed by atoms with E-state index in [-0.39, 0.29) is 23.7 Å². The Bertz CT molecular complexity index is 816. The van der Waals surface area contributed by atoms with Crippen molar-refractivity contribution in [1.82, 2.24) is 20.7 Å². The predicted molar refractivity (Wildman–Crippen MR) is 126 cm³/mol. The van der Waals surface area contributed by atoms with Crippen LogP contribution in [0.2, 0.25) is 0 Å². The van der Waals surface area contributed by atoms with E-state index in [1.165, 1.54) is 11.8 Å². The van der Waals surface area contributed by atoms with E-state index in [0.29, 0.717) is 50.3 Å². The maximum absolute atomic E-state index is 12.9. The van der Waals surface area contributed by atoms with Crippen molar-refractivity contribution in [2.75, 3.05) is 18.9 Å². The Morgan fingerprint density at radius 1 is 1.06 bits per heavy atom. The zero-order valence-electron chi connectivity index (χ0n) is 19.3. The van der Waals surface area contributed by atoms with Gasteiger partial charge in [0.2, 0.25) is 21.8 Å². The van der Waals surface area contributed by atoms with Crippen molar-refractivity contribution in [3.63, 3.8) is 0 Å². The van der Waals surface area contributed by atoms with E-state index in [1.807, 2.05) is 0 Å². The molecule has 1 saturated carbocycles. The molecule has 3 fully saturated rings. The van der Waals surface area contributed by atoms with E-state index < -0.39 is 39.5 Å². The molecule has 4 unspecified atom stereocenters. The van der Waals surface area contributed by atoms with Gasteiger partial charge in [0.25, 0.3) is 0 Å². The lowest BCUT2D eigenvalue weighted by Gasteiger charge is -2.33. The van der Waals surface area contributed by atoms with Gasteiger partial charge in [0.1, 0.15) is 0 Å². The highest BCUT2D eigenvalue weighted by Gasteiger charge is 2.38. The molecule has 3 aliphatic rings. The van der Waals surface area contributed by atoms with Crippen LogP contribution in [0.3, 0.4) is 0 Å². The van der Waals surface area contributed by atoms with Gasteiger partial charge in [0, 0.05) is 5.92 Å². The summed E-state index contributed by atoms with van der Waals surface area (Å²) in [7, 11) is -3.46. The number of piperidine rings is 1. The summed E-state index contributed by atoms with van der Waals surface area (Å²) in [6, 6.07) is 0. The molecule has 0 radical (unpaired) electrons. The Labute approximate surface area is 200 Å². The average molecular weight is 505 g/mol. The van der Waals surface area contributed by atoms with Crippen LogP contribution >= 0.6 is 11.8 Å². The van der Waals surface area contributed by atoms with Crippen LogP contribution in [-0.4, -0.2) is 62.0 Å². The number of hydrogen-bond donors (Lipinski definition) is 4. The predicted octanol–water partition coefficient (Wildman–Crippen LogP) is 1.28. The van der Waals surface area contributed by atoms with Crippen molar-refractivity contribution in [3.8, 4) is 0 Å². The van der Waals surface area contributed by atoms with E-state index in [2.05, 4.69) is 27.6 Å². The van der Waals surface area contributed by atoms with Gasteiger partial charge in [-0.3, -0.25) is 14.9 Å². The summed E-state index contributed by atoms with van der Waals surface area (Å²) < 4.78 is 33.2. The SMILES string of the molecule is CCOC(=O)NC(=O)C1CCSC1NC(=O)C1CCNC(NS(=O)(=O)C2CCC(C)CC2)C1. The van der Waals surface area contributed by atoms with E-state index in [9.17, 15) is 22.8 Å². The normalized spacial score (nSPS) is 32.7. The first-order chi connectivity index (χ1) is 15.7. The van der Waals surface area contributed by atoms with Gasteiger partial charge in [-0.2, -0.15) is 4.72 Å². The average Bonchev–Trinajstić information content (AvgIpc) is 3.22. The molecule has 0 aromatic heterocycles. The van der Waals surface area contributed by atoms with Crippen molar-refractivity contribution in [1.29, 1.82) is 0 Å². The number of carbonyl (C=O) groups excluding carboxylic acids is 3. The summed E-state index contributed by atoms with van der Waals surface area (Å²) in [5, 5.41) is 7.53. The number of amides is 3. The zero-order chi connectivity index (χ0) is 24.0. The van der Waals surface area contributed by atoms with Crippen molar-refractivity contribution in [2.45, 2.75) is 75.6 Å². The van der Waals surface area contributed by atoms with Crippen molar-refractivity contribution < 1.29 is 27.5 Å². The number of rotatable bonds is 7. The minimum Gasteiger partial charge on any atom is -0.450 e. The van der Waals surface area contributed by atoms with Gasteiger partial charge in [-0.1, -0.05) is 6.92 Å². The van der Waals surface area contributed by atoms with E-state index >= 15 is 0 Å². The summed E-state index contributed by atoms with van der Waals surface area (Å²) in [6.45, 7) is 4.49. The van der Waals surface area contributed by atoms with Crippen LogP contribution in [0.25, 0.3) is 0 Å². The largest absolute Gasteiger partial charge is 0.450 e. The molecule has 0 aromatic rings. The number of ether oxygens (including phenoxy) is 1. The van der Waals surface area contributed by atoms with Crippen molar-refractivity contribution in [3.05, 3.63) is 0 Å². The van der Waals surface area contributed by atoms with Crippen LogP contribution in [-0.2, 0) is 24.3 Å². The number of thioether (sulfide) groups is 1. The fourth-order valence-electron chi connectivity index (χ4n) is 4.70. The molecule has 3 rings (SSSR count). The number of hydrogen-bond acceptors (Lipinski definition) is 8. The Morgan fingerprint density at radius 2 is 1.79 bits per heavy atom.